The van der Waals surface area contributed by atoms with Gasteiger partial charge in [-0.1, -0.05) is 12.1 Å². The van der Waals surface area contributed by atoms with Gasteiger partial charge in [0.15, 0.2) is 0 Å². The molecular weight excluding hydrogens is 278 g/mol. The standard InChI is InChI=1S/C18H19NO3/c1-21-18(20)16-6-2-3-7-17(16)22-15-10-8-14(9-11-15)19-12-4-5-13-19/h2-3,6-11H,4-5,12-13H2,1H3. The zero-order valence-electron chi connectivity index (χ0n) is 12.6. The summed E-state index contributed by atoms with van der Waals surface area (Å²) in [5.74, 6) is 0.812. The SMILES string of the molecule is COC(=O)c1ccccc1Oc1ccc(N2CCCC2)cc1. The van der Waals surface area contributed by atoms with Crippen LogP contribution >= 0.6 is 0 Å². The number of ether oxygens (including phenoxy) is 2. The molecule has 0 atom stereocenters. The molecule has 0 unspecified atom stereocenters. The average molecular weight is 297 g/mol. The summed E-state index contributed by atoms with van der Waals surface area (Å²) in [5, 5.41) is 0. The fourth-order valence-corrected chi connectivity index (χ4v) is 2.66. The van der Waals surface area contributed by atoms with Crippen LogP contribution in [0.5, 0.6) is 11.5 Å². The zero-order valence-corrected chi connectivity index (χ0v) is 12.6. The molecule has 3 rings (SSSR count). The number of para-hydroxylation sites is 1. The first-order chi connectivity index (χ1) is 10.8. The van der Waals surface area contributed by atoms with Crippen LogP contribution in [-0.2, 0) is 4.74 Å². The summed E-state index contributed by atoms with van der Waals surface area (Å²) >= 11 is 0. The van der Waals surface area contributed by atoms with Crippen molar-refractivity contribution in [1.29, 1.82) is 0 Å². The Morgan fingerprint density at radius 2 is 1.68 bits per heavy atom. The second kappa shape index (κ2) is 6.52. The van der Waals surface area contributed by atoms with E-state index in [9.17, 15) is 4.79 Å². The molecule has 1 saturated heterocycles. The Hall–Kier alpha value is -2.49. The van der Waals surface area contributed by atoms with Gasteiger partial charge in [-0.2, -0.15) is 0 Å². The summed E-state index contributed by atoms with van der Waals surface area (Å²) in [6.45, 7) is 2.23. The van der Waals surface area contributed by atoms with Crippen molar-refractivity contribution in [2.75, 3.05) is 25.1 Å². The van der Waals surface area contributed by atoms with Gasteiger partial charge in [0, 0.05) is 18.8 Å². The lowest BCUT2D eigenvalue weighted by molar-refractivity contribution is 0.0598. The molecule has 0 bridgehead atoms. The van der Waals surface area contributed by atoms with Crippen molar-refractivity contribution < 1.29 is 14.3 Å². The van der Waals surface area contributed by atoms with Gasteiger partial charge in [0.2, 0.25) is 0 Å². The molecule has 0 aromatic heterocycles. The Balaban J connectivity index is 1.77. The first kappa shape index (κ1) is 14.4. The van der Waals surface area contributed by atoms with Gasteiger partial charge in [0.05, 0.1) is 7.11 Å². The molecule has 0 saturated carbocycles. The third-order valence-corrected chi connectivity index (χ3v) is 3.83. The highest BCUT2D eigenvalue weighted by Gasteiger charge is 2.14. The van der Waals surface area contributed by atoms with Gasteiger partial charge < -0.3 is 14.4 Å². The Bertz CT molecular complexity index is 646. The van der Waals surface area contributed by atoms with E-state index in [0.29, 0.717) is 17.1 Å². The van der Waals surface area contributed by atoms with E-state index < -0.39 is 5.97 Å². The minimum atomic E-state index is -0.399. The van der Waals surface area contributed by atoms with Crippen LogP contribution in [0.3, 0.4) is 0 Å². The Morgan fingerprint density at radius 1 is 1.00 bits per heavy atom. The topological polar surface area (TPSA) is 38.8 Å². The minimum absolute atomic E-state index is 0.399. The summed E-state index contributed by atoms with van der Waals surface area (Å²) in [7, 11) is 1.37. The Morgan fingerprint density at radius 3 is 2.36 bits per heavy atom. The van der Waals surface area contributed by atoms with E-state index in [1.54, 1.807) is 18.2 Å². The van der Waals surface area contributed by atoms with E-state index >= 15 is 0 Å². The second-order valence-corrected chi connectivity index (χ2v) is 5.28. The fraction of sp³-hybridized carbons (Fsp3) is 0.278. The highest BCUT2D eigenvalue weighted by atomic mass is 16.5. The molecule has 0 radical (unpaired) electrons. The van der Waals surface area contributed by atoms with Crippen LogP contribution in [0.2, 0.25) is 0 Å². The highest BCUT2D eigenvalue weighted by Crippen LogP contribution is 2.28. The fourth-order valence-electron chi connectivity index (χ4n) is 2.66. The summed E-state index contributed by atoms with van der Waals surface area (Å²) < 4.78 is 10.6. The van der Waals surface area contributed by atoms with E-state index in [-0.39, 0.29) is 0 Å². The third-order valence-electron chi connectivity index (χ3n) is 3.83. The van der Waals surface area contributed by atoms with Gasteiger partial charge in [0.25, 0.3) is 0 Å². The van der Waals surface area contributed by atoms with Crippen molar-refractivity contribution in [3.63, 3.8) is 0 Å². The van der Waals surface area contributed by atoms with E-state index in [1.807, 2.05) is 18.2 Å². The third kappa shape index (κ3) is 3.06. The molecule has 22 heavy (non-hydrogen) atoms. The van der Waals surface area contributed by atoms with Crippen LogP contribution in [0.25, 0.3) is 0 Å². The smallest absolute Gasteiger partial charge is 0.341 e. The first-order valence-corrected chi connectivity index (χ1v) is 7.48. The van der Waals surface area contributed by atoms with Crippen LogP contribution in [0, 0.1) is 0 Å². The van der Waals surface area contributed by atoms with Crippen LogP contribution in [-0.4, -0.2) is 26.2 Å². The number of carbonyl (C=O) groups excluding carboxylic acids is 1. The molecule has 2 aromatic carbocycles. The van der Waals surface area contributed by atoms with Crippen molar-refractivity contribution in [3.05, 3.63) is 54.1 Å². The molecule has 4 nitrogen and oxygen atoms in total. The molecule has 1 aliphatic heterocycles. The number of nitrogens with zero attached hydrogens (tertiary/aromatic N) is 1. The molecule has 4 heteroatoms. The number of hydrogen-bond acceptors (Lipinski definition) is 4. The van der Waals surface area contributed by atoms with Crippen molar-refractivity contribution in [2.45, 2.75) is 12.8 Å². The summed E-state index contributed by atoms with van der Waals surface area (Å²) in [5.41, 5.74) is 1.64. The van der Waals surface area contributed by atoms with E-state index in [1.165, 1.54) is 25.6 Å². The van der Waals surface area contributed by atoms with Crippen molar-refractivity contribution in [3.8, 4) is 11.5 Å². The number of methoxy groups -OCH3 is 1. The molecule has 0 aliphatic carbocycles. The number of esters is 1. The van der Waals surface area contributed by atoms with Gasteiger partial charge in [-0.3, -0.25) is 0 Å². The van der Waals surface area contributed by atoms with Crippen molar-refractivity contribution in [1.82, 2.24) is 0 Å². The Kier molecular flexibility index (Phi) is 4.28. The maximum absolute atomic E-state index is 11.7. The van der Waals surface area contributed by atoms with Gasteiger partial charge in [0.1, 0.15) is 17.1 Å². The number of rotatable bonds is 4. The predicted octanol–water partition coefficient (Wildman–Crippen LogP) is 3.87. The summed E-state index contributed by atoms with van der Waals surface area (Å²) in [6, 6.07) is 15.1. The number of anilines is 1. The molecule has 0 N–H and O–H groups in total. The van der Waals surface area contributed by atoms with Gasteiger partial charge in [-0.05, 0) is 49.2 Å². The maximum Gasteiger partial charge on any atom is 0.341 e. The minimum Gasteiger partial charge on any atom is -0.465 e. The van der Waals surface area contributed by atoms with Crippen LogP contribution in [0.1, 0.15) is 23.2 Å². The first-order valence-electron chi connectivity index (χ1n) is 7.48. The van der Waals surface area contributed by atoms with Crippen molar-refractivity contribution >= 4 is 11.7 Å². The number of benzene rings is 2. The molecular formula is C18H19NO3. The lowest BCUT2D eigenvalue weighted by Crippen LogP contribution is -2.17. The molecule has 114 valence electrons. The molecule has 2 aromatic rings. The summed E-state index contributed by atoms with van der Waals surface area (Å²) in [6.07, 6.45) is 2.51. The van der Waals surface area contributed by atoms with Gasteiger partial charge >= 0.3 is 5.97 Å². The van der Waals surface area contributed by atoms with E-state index in [2.05, 4.69) is 17.0 Å². The molecule has 0 amide bonds. The highest BCUT2D eigenvalue weighted by molar-refractivity contribution is 5.92. The Labute approximate surface area is 130 Å². The largest absolute Gasteiger partial charge is 0.465 e. The summed E-state index contributed by atoms with van der Waals surface area (Å²) in [4.78, 5) is 14.1. The van der Waals surface area contributed by atoms with Crippen LogP contribution < -0.4 is 9.64 Å². The maximum atomic E-state index is 11.7. The van der Waals surface area contributed by atoms with E-state index in [4.69, 9.17) is 9.47 Å². The number of hydrogen-bond donors (Lipinski definition) is 0. The van der Waals surface area contributed by atoms with E-state index in [0.717, 1.165) is 13.1 Å². The zero-order chi connectivity index (χ0) is 15.4. The predicted molar refractivity (Wildman–Crippen MR) is 85.7 cm³/mol. The quantitative estimate of drug-likeness (QED) is 0.803. The average Bonchev–Trinajstić information content (AvgIpc) is 3.10. The number of carbonyl (C=O) groups is 1. The second-order valence-electron chi connectivity index (χ2n) is 5.28. The monoisotopic (exact) mass is 297 g/mol. The lowest BCUT2D eigenvalue weighted by atomic mass is 10.2. The molecule has 0 spiro atoms. The van der Waals surface area contributed by atoms with Crippen LogP contribution in [0.4, 0.5) is 5.69 Å². The van der Waals surface area contributed by atoms with Crippen LogP contribution in [0.15, 0.2) is 48.5 Å². The molecule has 1 heterocycles. The van der Waals surface area contributed by atoms with Gasteiger partial charge in [-0.25, -0.2) is 4.79 Å². The lowest BCUT2D eigenvalue weighted by Gasteiger charge is -2.18. The molecule has 1 aliphatic rings. The molecule has 1 fully saturated rings. The normalized spacial score (nSPS) is 14.0. The van der Waals surface area contributed by atoms with Gasteiger partial charge in [-0.15, -0.1) is 0 Å². The van der Waals surface area contributed by atoms with Crippen molar-refractivity contribution in [2.24, 2.45) is 0 Å².